The van der Waals surface area contributed by atoms with Gasteiger partial charge in [0, 0.05) is 38.0 Å². The largest absolute Gasteiger partial charge is 0.550 e. The van der Waals surface area contributed by atoms with Gasteiger partial charge in [-0.05, 0) is 37.5 Å². The maximum absolute atomic E-state index is 10.3. The summed E-state index contributed by atoms with van der Waals surface area (Å²) in [5, 5.41) is 46.8. The molecule has 9 nitrogen and oxygen atoms in total. The number of hydroxylamine groups is 2. The third kappa shape index (κ3) is 28.7. The van der Waals surface area contributed by atoms with Crippen molar-refractivity contribution in [3.63, 3.8) is 0 Å². The average molecular weight is 455 g/mol. The summed E-state index contributed by atoms with van der Waals surface area (Å²) in [5.74, 6) is -2.23. The van der Waals surface area contributed by atoms with E-state index >= 15 is 0 Å². The third-order valence-electron chi connectivity index (χ3n) is 4.71. The fourth-order valence-corrected chi connectivity index (χ4v) is 2.57. The molecule has 0 aromatic rings. The summed E-state index contributed by atoms with van der Waals surface area (Å²) >= 11 is 0. The number of unbranched alkanes of at least 4 members (excludes halogenated alkanes) is 2. The summed E-state index contributed by atoms with van der Waals surface area (Å²) in [6.45, 7) is 9.22. The Morgan fingerprint density at radius 2 is 1.06 bits per heavy atom. The molecule has 0 radical (unpaired) electrons. The molecule has 31 heavy (non-hydrogen) atoms. The first-order valence-electron chi connectivity index (χ1n) is 11.4. The van der Waals surface area contributed by atoms with Crippen LogP contribution in [0.15, 0.2) is 0 Å². The molecular formula is C22H50N2O7. The molecule has 0 fully saturated rings. The number of carbonyl (C=O) groups is 2. The number of aliphatic hydroxyl groups is 2. The molecule has 0 heterocycles. The van der Waals surface area contributed by atoms with Crippen molar-refractivity contribution < 1.29 is 40.3 Å². The molecular weight excluding hydrogens is 404 g/mol. The van der Waals surface area contributed by atoms with Gasteiger partial charge in [0.15, 0.2) is 0 Å². The van der Waals surface area contributed by atoms with Crippen LogP contribution in [0.25, 0.3) is 0 Å². The second kappa shape index (κ2) is 28.7. The van der Waals surface area contributed by atoms with Crippen LogP contribution in [-0.2, 0) is 9.59 Å². The number of rotatable bonds is 16. The van der Waals surface area contributed by atoms with Crippen molar-refractivity contribution in [1.82, 2.24) is 6.15 Å². The van der Waals surface area contributed by atoms with Gasteiger partial charge in [-0.1, -0.05) is 53.4 Å². The Morgan fingerprint density at radius 1 is 0.742 bits per heavy atom. The zero-order valence-electron chi connectivity index (χ0n) is 20.5. The highest BCUT2D eigenvalue weighted by Gasteiger charge is 2.05. The van der Waals surface area contributed by atoms with Gasteiger partial charge < -0.3 is 36.2 Å². The number of quaternary nitrogens is 2. The van der Waals surface area contributed by atoms with Gasteiger partial charge in [0.1, 0.15) is 13.1 Å². The zero-order chi connectivity index (χ0) is 23.8. The Kier molecular flexibility index (Phi) is 34.4. The van der Waals surface area contributed by atoms with Crippen LogP contribution in [0.4, 0.5) is 0 Å². The molecule has 0 saturated heterocycles. The number of aliphatic carboxylic acids is 2. The van der Waals surface area contributed by atoms with Crippen LogP contribution in [0.2, 0.25) is 0 Å². The highest BCUT2D eigenvalue weighted by Crippen LogP contribution is 2.11. The minimum Gasteiger partial charge on any atom is -0.550 e. The predicted octanol–water partition coefficient (Wildman–Crippen LogP) is 0.307. The summed E-state index contributed by atoms with van der Waals surface area (Å²) in [7, 11) is 0. The second-order valence-electron chi connectivity index (χ2n) is 7.35. The highest BCUT2D eigenvalue weighted by atomic mass is 16.5. The lowest BCUT2D eigenvalue weighted by Gasteiger charge is -2.14. The molecule has 0 aromatic carbocycles. The molecule has 0 amide bonds. The van der Waals surface area contributed by atoms with Gasteiger partial charge in [-0.3, -0.25) is 0 Å². The van der Waals surface area contributed by atoms with Gasteiger partial charge in [-0.2, -0.15) is 5.06 Å². The van der Waals surface area contributed by atoms with E-state index < -0.39 is 11.9 Å². The minimum atomic E-state index is -0.893. The van der Waals surface area contributed by atoms with Crippen molar-refractivity contribution in [2.24, 2.45) is 11.8 Å². The van der Waals surface area contributed by atoms with E-state index in [4.69, 9.17) is 15.4 Å². The van der Waals surface area contributed by atoms with Crippen molar-refractivity contribution in [2.45, 2.75) is 91.9 Å². The van der Waals surface area contributed by atoms with E-state index in [2.05, 4.69) is 13.8 Å². The Balaban J connectivity index is -0.000000174. The van der Waals surface area contributed by atoms with Crippen LogP contribution in [0.1, 0.15) is 91.9 Å². The van der Waals surface area contributed by atoms with E-state index in [0.29, 0.717) is 43.8 Å². The Hall–Kier alpha value is -1.26. The summed E-state index contributed by atoms with van der Waals surface area (Å²) < 4.78 is 0. The number of nitrogens with one attached hydrogen (secondary N) is 1. The van der Waals surface area contributed by atoms with Crippen molar-refractivity contribution in [3.05, 3.63) is 0 Å². The number of carboxylic acids is 2. The van der Waals surface area contributed by atoms with E-state index in [1.54, 1.807) is 0 Å². The lowest BCUT2D eigenvalue weighted by atomic mass is 10.00. The Morgan fingerprint density at radius 3 is 1.26 bits per heavy atom. The molecule has 0 bridgehead atoms. The fourth-order valence-electron chi connectivity index (χ4n) is 2.57. The molecule has 0 aliphatic heterocycles. The van der Waals surface area contributed by atoms with Crippen LogP contribution in [0.5, 0.6) is 0 Å². The fraction of sp³-hybridized carbons (Fsp3) is 0.909. The lowest BCUT2D eigenvalue weighted by Crippen LogP contribution is -3.09. The summed E-state index contributed by atoms with van der Waals surface area (Å²) in [6.07, 6.45) is 8.26. The monoisotopic (exact) mass is 454 g/mol. The van der Waals surface area contributed by atoms with E-state index in [1.807, 2.05) is 13.8 Å². The van der Waals surface area contributed by atoms with Crippen molar-refractivity contribution >= 4 is 11.9 Å². The molecule has 0 aromatic heterocycles. The van der Waals surface area contributed by atoms with Gasteiger partial charge in [-0.25, -0.2) is 5.21 Å². The highest BCUT2D eigenvalue weighted by molar-refractivity contribution is 5.67. The molecule has 2 atom stereocenters. The first-order valence-corrected chi connectivity index (χ1v) is 11.4. The van der Waals surface area contributed by atoms with Crippen molar-refractivity contribution in [1.29, 1.82) is 0 Å². The smallest absolute Gasteiger partial charge is 0.109 e. The number of aliphatic hydroxyl groups excluding tert-OH is 2. The van der Waals surface area contributed by atoms with Crippen LogP contribution in [-0.4, -0.2) is 53.7 Å². The molecule has 9 heteroatoms. The first kappa shape index (κ1) is 37.1. The van der Waals surface area contributed by atoms with Crippen LogP contribution < -0.4 is 21.4 Å². The van der Waals surface area contributed by atoms with E-state index in [9.17, 15) is 19.8 Å². The standard InChI is InChI=1S/2C8H16O2.C6H15NO3.H3N/c2*1-3-5-6-7(4-2)8(9)10;8-5-1-3-7(10)4-2-6-9;/h2*7H,3-6H2,1-2H3,(H,9,10);8-10H,1-6H2;1H3. The van der Waals surface area contributed by atoms with E-state index in [1.165, 1.54) is 0 Å². The number of carbonyl (C=O) groups excluding carboxylic acids is 2. The van der Waals surface area contributed by atoms with Gasteiger partial charge in [0.2, 0.25) is 0 Å². The number of hydrogen-bond donors (Lipinski definition) is 5. The van der Waals surface area contributed by atoms with Gasteiger partial charge in [0.25, 0.3) is 0 Å². The summed E-state index contributed by atoms with van der Waals surface area (Å²) in [5.41, 5.74) is 0. The third-order valence-corrected chi connectivity index (χ3v) is 4.71. The topological polar surface area (TPSA) is 182 Å². The zero-order valence-corrected chi connectivity index (χ0v) is 20.5. The average Bonchev–Trinajstić information content (AvgIpc) is 2.72. The van der Waals surface area contributed by atoms with Crippen LogP contribution in [0, 0.1) is 11.8 Å². The molecule has 0 rings (SSSR count). The Labute approximate surface area is 189 Å². The quantitative estimate of drug-likeness (QED) is 0.208. The second-order valence-corrected chi connectivity index (χ2v) is 7.35. The summed E-state index contributed by atoms with van der Waals surface area (Å²) in [4.78, 5) is 20.7. The molecule has 0 spiro atoms. The normalized spacial score (nSPS) is 11.9. The van der Waals surface area contributed by atoms with E-state index in [0.717, 1.165) is 38.5 Å². The van der Waals surface area contributed by atoms with E-state index in [-0.39, 0.29) is 31.2 Å². The number of hydrogen-bond acceptors (Lipinski definition) is 7. The maximum atomic E-state index is 10.3. The molecule has 8 N–H and O–H groups in total. The number of carboxylic acid groups (broad SMARTS) is 2. The molecule has 2 unspecified atom stereocenters. The maximum Gasteiger partial charge on any atom is 0.109 e. The van der Waals surface area contributed by atoms with Crippen molar-refractivity contribution in [2.75, 3.05) is 26.3 Å². The first-order chi connectivity index (χ1) is 14.2. The van der Waals surface area contributed by atoms with Gasteiger partial charge >= 0.3 is 0 Å². The van der Waals surface area contributed by atoms with Crippen LogP contribution in [0.3, 0.4) is 0 Å². The molecule has 0 saturated carbocycles. The predicted molar refractivity (Wildman–Crippen MR) is 118 cm³/mol. The Bertz CT molecular complexity index is 351. The minimum absolute atomic E-state index is 0. The van der Waals surface area contributed by atoms with Crippen molar-refractivity contribution in [3.8, 4) is 0 Å². The summed E-state index contributed by atoms with van der Waals surface area (Å²) in [6, 6.07) is 0. The molecule has 0 aliphatic rings. The van der Waals surface area contributed by atoms with Gasteiger partial charge in [-0.15, -0.1) is 0 Å². The van der Waals surface area contributed by atoms with Gasteiger partial charge in [0.05, 0.1) is 0 Å². The molecule has 190 valence electrons. The van der Waals surface area contributed by atoms with Crippen LogP contribution >= 0.6 is 0 Å². The molecule has 0 aliphatic carbocycles. The lowest BCUT2D eigenvalue weighted by molar-refractivity contribution is -1.09. The SMILES string of the molecule is CCCCC(CC)C(=O)[O-].CCCCC(CC)C(=O)[O-].OCCC[NH+](O)CCCO.[NH4+].